The minimum absolute atomic E-state index is 0.140. The lowest BCUT2D eigenvalue weighted by Crippen LogP contribution is -2.29. The lowest BCUT2D eigenvalue weighted by atomic mass is 10.2. The normalized spacial score (nSPS) is 10.0. The Morgan fingerprint density at radius 2 is 2.20 bits per heavy atom. The van der Waals surface area contributed by atoms with E-state index in [0.717, 1.165) is 11.3 Å². The molecule has 0 amide bonds. The lowest BCUT2D eigenvalue weighted by molar-refractivity contribution is 0.414. The van der Waals surface area contributed by atoms with Crippen LogP contribution in [0.15, 0.2) is 29.4 Å². The monoisotopic (exact) mass is 206 g/mol. The van der Waals surface area contributed by atoms with Gasteiger partial charge >= 0.3 is 0 Å². The summed E-state index contributed by atoms with van der Waals surface area (Å²) in [5.74, 6) is 0.889. The summed E-state index contributed by atoms with van der Waals surface area (Å²) in [6.07, 6.45) is 1.60. The fourth-order valence-electron chi connectivity index (χ4n) is 0.995. The van der Waals surface area contributed by atoms with Crippen molar-refractivity contribution < 1.29 is 4.74 Å². The zero-order valence-electron chi connectivity index (χ0n) is 8.74. The van der Waals surface area contributed by atoms with Crippen LogP contribution in [0, 0.1) is 5.41 Å². The van der Waals surface area contributed by atoms with Gasteiger partial charge in [0.15, 0.2) is 0 Å². The van der Waals surface area contributed by atoms with Crippen molar-refractivity contribution in [3.05, 3.63) is 29.8 Å². The Balaban J connectivity index is 2.67. The molecule has 0 spiro atoms. The summed E-state index contributed by atoms with van der Waals surface area (Å²) >= 11 is 0. The number of benzene rings is 1. The van der Waals surface area contributed by atoms with Crippen molar-refractivity contribution in [2.75, 3.05) is 14.2 Å². The third-order valence-corrected chi connectivity index (χ3v) is 1.77. The number of methoxy groups -OCH3 is 1. The van der Waals surface area contributed by atoms with Crippen LogP contribution >= 0.6 is 0 Å². The molecule has 1 aromatic rings. The minimum atomic E-state index is 0.140. The molecule has 0 aliphatic rings. The highest BCUT2D eigenvalue weighted by molar-refractivity contribution is 5.85. The van der Waals surface area contributed by atoms with Crippen LogP contribution in [0.3, 0.4) is 0 Å². The summed E-state index contributed by atoms with van der Waals surface area (Å²) in [4.78, 5) is 0. The van der Waals surface area contributed by atoms with E-state index in [1.807, 2.05) is 24.3 Å². The molecule has 1 rings (SSSR count). The molecule has 0 heterocycles. The largest absolute Gasteiger partial charge is 0.496 e. The fourth-order valence-corrected chi connectivity index (χ4v) is 0.995. The summed E-state index contributed by atoms with van der Waals surface area (Å²) < 4.78 is 5.14. The van der Waals surface area contributed by atoms with Gasteiger partial charge in [0.1, 0.15) is 5.75 Å². The van der Waals surface area contributed by atoms with Gasteiger partial charge in [-0.15, -0.1) is 0 Å². The van der Waals surface area contributed by atoms with Crippen molar-refractivity contribution >= 4 is 12.2 Å². The highest BCUT2D eigenvalue weighted by Crippen LogP contribution is 2.14. The Labute approximate surface area is 88.7 Å². The standard InChI is InChI=1S/C10H14N4O/c1-12-10(11)14-13-7-8-5-3-4-6-9(8)15-2/h3-7H,1-2H3,(H3,11,12,14)/b13-7+. The number of nitrogens with one attached hydrogen (secondary N) is 3. The quantitative estimate of drug-likeness (QED) is 0.389. The number of ether oxygens (including phenoxy) is 1. The van der Waals surface area contributed by atoms with E-state index in [1.165, 1.54) is 0 Å². The highest BCUT2D eigenvalue weighted by atomic mass is 16.5. The maximum atomic E-state index is 7.23. The molecule has 5 nitrogen and oxygen atoms in total. The molecule has 5 heteroatoms. The summed E-state index contributed by atoms with van der Waals surface area (Å²) in [5.41, 5.74) is 3.38. The van der Waals surface area contributed by atoms with Gasteiger partial charge in [0, 0.05) is 12.6 Å². The summed E-state index contributed by atoms with van der Waals surface area (Å²) in [7, 11) is 3.25. The second-order valence-electron chi connectivity index (χ2n) is 2.74. The van der Waals surface area contributed by atoms with Crippen molar-refractivity contribution in [2.45, 2.75) is 0 Å². The molecule has 0 unspecified atom stereocenters. The fraction of sp³-hybridized carbons (Fsp3) is 0.200. The van der Waals surface area contributed by atoms with E-state index in [2.05, 4.69) is 15.8 Å². The van der Waals surface area contributed by atoms with E-state index in [9.17, 15) is 0 Å². The maximum Gasteiger partial charge on any atom is 0.208 e. The van der Waals surface area contributed by atoms with Gasteiger partial charge in [-0.05, 0) is 12.1 Å². The minimum Gasteiger partial charge on any atom is -0.496 e. The van der Waals surface area contributed by atoms with Gasteiger partial charge < -0.3 is 10.1 Å². The van der Waals surface area contributed by atoms with Crippen molar-refractivity contribution in [1.29, 1.82) is 5.41 Å². The first-order valence-electron chi connectivity index (χ1n) is 4.46. The van der Waals surface area contributed by atoms with Crippen molar-refractivity contribution in [1.82, 2.24) is 10.7 Å². The number of rotatable bonds is 3. The molecule has 0 aliphatic carbocycles. The van der Waals surface area contributed by atoms with Gasteiger partial charge in [0.2, 0.25) is 5.96 Å². The van der Waals surface area contributed by atoms with Gasteiger partial charge in [-0.2, -0.15) is 5.10 Å². The zero-order valence-corrected chi connectivity index (χ0v) is 8.74. The number of para-hydroxylation sites is 1. The van der Waals surface area contributed by atoms with Crippen LogP contribution < -0.4 is 15.5 Å². The number of hydrazone groups is 1. The van der Waals surface area contributed by atoms with Gasteiger partial charge in [-0.25, -0.2) is 5.43 Å². The van der Waals surface area contributed by atoms with Crippen molar-refractivity contribution in [3.63, 3.8) is 0 Å². The van der Waals surface area contributed by atoms with Gasteiger partial charge in [0.05, 0.1) is 13.3 Å². The smallest absolute Gasteiger partial charge is 0.208 e. The van der Waals surface area contributed by atoms with Crippen LogP contribution in [-0.2, 0) is 0 Å². The van der Waals surface area contributed by atoms with E-state index in [1.54, 1.807) is 20.4 Å². The molecule has 15 heavy (non-hydrogen) atoms. The van der Waals surface area contributed by atoms with E-state index < -0.39 is 0 Å². The summed E-state index contributed by atoms with van der Waals surface area (Å²) in [5, 5.41) is 13.7. The van der Waals surface area contributed by atoms with Gasteiger partial charge in [0.25, 0.3) is 0 Å². The summed E-state index contributed by atoms with van der Waals surface area (Å²) in [6.45, 7) is 0. The van der Waals surface area contributed by atoms with Crippen LogP contribution in [0.1, 0.15) is 5.56 Å². The van der Waals surface area contributed by atoms with Crippen molar-refractivity contribution in [3.8, 4) is 5.75 Å². The molecule has 0 bridgehead atoms. The predicted molar refractivity (Wildman–Crippen MR) is 60.5 cm³/mol. The second-order valence-corrected chi connectivity index (χ2v) is 2.74. The topological polar surface area (TPSA) is 69.5 Å². The Kier molecular flexibility index (Phi) is 4.15. The third kappa shape index (κ3) is 3.30. The highest BCUT2D eigenvalue weighted by Gasteiger charge is 1.96. The number of hydrogen-bond acceptors (Lipinski definition) is 3. The van der Waals surface area contributed by atoms with Crippen LogP contribution in [0.25, 0.3) is 0 Å². The third-order valence-electron chi connectivity index (χ3n) is 1.77. The Morgan fingerprint density at radius 1 is 1.47 bits per heavy atom. The maximum absolute atomic E-state index is 7.23. The Morgan fingerprint density at radius 3 is 2.87 bits per heavy atom. The first kappa shape index (κ1) is 11.0. The van der Waals surface area contributed by atoms with Crippen LogP contribution in [0.4, 0.5) is 0 Å². The van der Waals surface area contributed by atoms with E-state index >= 15 is 0 Å². The molecule has 0 atom stereocenters. The second kappa shape index (κ2) is 5.64. The number of guanidine groups is 1. The average Bonchev–Trinajstić information content (AvgIpc) is 2.29. The van der Waals surface area contributed by atoms with Crippen LogP contribution in [-0.4, -0.2) is 26.3 Å². The number of nitrogens with zero attached hydrogens (tertiary/aromatic N) is 1. The van der Waals surface area contributed by atoms with E-state index in [0.29, 0.717) is 0 Å². The molecule has 0 aliphatic heterocycles. The molecular weight excluding hydrogens is 192 g/mol. The molecule has 0 saturated carbocycles. The van der Waals surface area contributed by atoms with Crippen LogP contribution in [0.5, 0.6) is 5.75 Å². The van der Waals surface area contributed by atoms with Crippen LogP contribution in [0.2, 0.25) is 0 Å². The molecule has 0 aromatic heterocycles. The van der Waals surface area contributed by atoms with Gasteiger partial charge in [-0.3, -0.25) is 5.41 Å². The first-order chi connectivity index (χ1) is 7.27. The molecule has 1 aromatic carbocycles. The Bertz CT molecular complexity index is 362. The van der Waals surface area contributed by atoms with Crippen molar-refractivity contribution in [2.24, 2.45) is 5.10 Å². The molecule has 0 saturated heterocycles. The van der Waals surface area contributed by atoms with E-state index in [4.69, 9.17) is 10.1 Å². The molecule has 0 radical (unpaired) electrons. The number of hydrogen-bond donors (Lipinski definition) is 3. The van der Waals surface area contributed by atoms with E-state index in [-0.39, 0.29) is 5.96 Å². The molecular formula is C10H14N4O. The summed E-state index contributed by atoms with van der Waals surface area (Å²) in [6, 6.07) is 7.52. The predicted octanol–water partition coefficient (Wildman–Crippen LogP) is 0.773. The molecule has 3 N–H and O–H groups in total. The zero-order chi connectivity index (χ0) is 11.1. The molecule has 80 valence electrons. The molecule has 0 fully saturated rings. The van der Waals surface area contributed by atoms with Gasteiger partial charge in [-0.1, -0.05) is 12.1 Å². The Hall–Kier alpha value is -2.04. The SMILES string of the molecule is CNC(=N)N/N=C/c1ccccc1OC. The first-order valence-corrected chi connectivity index (χ1v) is 4.46. The lowest BCUT2D eigenvalue weighted by Gasteiger charge is -2.03. The average molecular weight is 206 g/mol.